The van der Waals surface area contributed by atoms with Crippen LogP contribution in [-0.2, 0) is 6.42 Å². The second-order valence-corrected chi connectivity index (χ2v) is 6.53. The van der Waals surface area contributed by atoms with Crippen LogP contribution in [0.1, 0.15) is 31.6 Å². The summed E-state index contributed by atoms with van der Waals surface area (Å²) >= 11 is 1.72. The number of aromatic nitrogens is 2. The molecular formula is C16H21N3OS. The molecule has 4 nitrogen and oxygen atoms in total. The van der Waals surface area contributed by atoms with Gasteiger partial charge in [0.2, 0.25) is 11.7 Å². The molecule has 0 radical (unpaired) electrons. The SMILES string of the molecule is CSc1ccc(-c2noc(CC3CCCCC3N)n2)cc1. The van der Waals surface area contributed by atoms with E-state index in [0.717, 1.165) is 18.4 Å². The van der Waals surface area contributed by atoms with Gasteiger partial charge < -0.3 is 10.3 Å². The van der Waals surface area contributed by atoms with Crippen LogP contribution in [0, 0.1) is 5.92 Å². The summed E-state index contributed by atoms with van der Waals surface area (Å²) < 4.78 is 5.40. The van der Waals surface area contributed by atoms with Crippen molar-refractivity contribution < 1.29 is 4.52 Å². The summed E-state index contributed by atoms with van der Waals surface area (Å²) in [5.74, 6) is 1.86. The van der Waals surface area contributed by atoms with Crippen LogP contribution in [0.25, 0.3) is 11.4 Å². The van der Waals surface area contributed by atoms with Crippen molar-refractivity contribution in [3.63, 3.8) is 0 Å². The number of nitrogens with two attached hydrogens (primary N) is 1. The van der Waals surface area contributed by atoms with E-state index >= 15 is 0 Å². The summed E-state index contributed by atoms with van der Waals surface area (Å²) in [5.41, 5.74) is 7.18. The number of nitrogens with zero attached hydrogens (tertiary/aromatic N) is 2. The number of hydrogen-bond donors (Lipinski definition) is 1. The van der Waals surface area contributed by atoms with Crippen LogP contribution in [0.5, 0.6) is 0 Å². The molecule has 112 valence electrons. The van der Waals surface area contributed by atoms with E-state index in [-0.39, 0.29) is 6.04 Å². The van der Waals surface area contributed by atoms with Gasteiger partial charge in [-0.1, -0.05) is 18.0 Å². The summed E-state index contributed by atoms with van der Waals surface area (Å²) in [5, 5.41) is 4.10. The Kier molecular flexibility index (Phi) is 4.60. The van der Waals surface area contributed by atoms with Crippen molar-refractivity contribution in [2.45, 2.75) is 43.0 Å². The zero-order valence-corrected chi connectivity index (χ0v) is 13.1. The predicted octanol–water partition coefficient (Wildman–Crippen LogP) is 3.52. The third kappa shape index (κ3) is 3.47. The first-order chi connectivity index (χ1) is 10.3. The Balaban J connectivity index is 1.70. The number of rotatable bonds is 4. The second-order valence-electron chi connectivity index (χ2n) is 5.65. The third-order valence-corrected chi connectivity index (χ3v) is 4.96. The van der Waals surface area contributed by atoms with Gasteiger partial charge in [-0.05, 0) is 49.3 Å². The summed E-state index contributed by atoms with van der Waals surface area (Å²) in [4.78, 5) is 5.76. The van der Waals surface area contributed by atoms with E-state index in [1.807, 2.05) is 12.1 Å². The van der Waals surface area contributed by atoms with Gasteiger partial charge in [0.25, 0.3) is 0 Å². The minimum absolute atomic E-state index is 0.273. The highest BCUT2D eigenvalue weighted by Crippen LogP contribution is 2.27. The molecule has 0 bridgehead atoms. The fourth-order valence-corrected chi connectivity index (χ4v) is 3.32. The Labute approximate surface area is 129 Å². The van der Waals surface area contributed by atoms with Gasteiger partial charge in [0.1, 0.15) is 0 Å². The first kappa shape index (κ1) is 14.6. The number of hydrogen-bond acceptors (Lipinski definition) is 5. The van der Waals surface area contributed by atoms with Gasteiger partial charge in [0, 0.05) is 22.9 Å². The smallest absolute Gasteiger partial charge is 0.227 e. The topological polar surface area (TPSA) is 64.9 Å². The molecule has 0 spiro atoms. The lowest BCUT2D eigenvalue weighted by Gasteiger charge is -2.27. The Hall–Kier alpha value is -1.33. The maximum atomic E-state index is 6.18. The Morgan fingerprint density at radius 2 is 2.00 bits per heavy atom. The van der Waals surface area contributed by atoms with Crippen molar-refractivity contribution >= 4 is 11.8 Å². The van der Waals surface area contributed by atoms with E-state index in [1.165, 1.54) is 24.2 Å². The molecule has 1 fully saturated rings. The maximum absolute atomic E-state index is 6.18. The van der Waals surface area contributed by atoms with E-state index in [9.17, 15) is 0 Å². The molecule has 2 unspecified atom stereocenters. The Morgan fingerprint density at radius 3 is 2.71 bits per heavy atom. The van der Waals surface area contributed by atoms with Crippen LogP contribution in [0.2, 0.25) is 0 Å². The lowest BCUT2D eigenvalue weighted by molar-refractivity contribution is 0.273. The number of benzene rings is 1. The maximum Gasteiger partial charge on any atom is 0.227 e. The minimum Gasteiger partial charge on any atom is -0.339 e. The molecule has 2 atom stereocenters. The zero-order valence-electron chi connectivity index (χ0n) is 12.3. The van der Waals surface area contributed by atoms with E-state index in [0.29, 0.717) is 17.6 Å². The number of thioether (sulfide) groups is 1. The minimum atomic E-state index is 0.273. The molecule has 1 aliphatic rings. The van der Waals surface area contributed by atoms with Crippen LogP contribution in [0.3, 0.4) is 0 Å². The van der Waals surface area contributed by atoms with Gasteiger partial charge in [-0.15, -0.1) is 11.8 Å². The standard InChI is InChI=1S/C16H21N3OS/c1-21-13-8-6-11(7-9-13)16-18-15(20-19-16)10-12-4-2-3-5-14(12)17/h6-9,12,14H,2-5,10,17H2,1H3. The first-order valence-corrected chi connectivity index (χ1v) is 8.71. The van der Waals surface area contributed by atoms with E-state index in [1.54, 1.807) is 11.8 Å². The van der Waals surface area contributed by atoms with Crippen LogP contribution < -0.4 is 5.73 Å². The lowest BCUT2D eigenvalue weighted by Crippen LogP contribution is -2.34. The monoisotopic (exact) mass is 303 g/mol. The van der Waals surface area contributed by atoms with Gasteiger partial charge in [-0.25, -0.2) is 0 Å². The van der Waals surface area contributed by atoms with Crippen LogP contribution in [-0.4, -0.2) is 22.4 Å². The highest BCUT2D eigenvalue weighted by Gasteiger charge is 2.24. The normalized spacial score (nSPS) is 22.4. The average molecular weight is 303 g/mol. The van der Waals surface area contributed by atoms with Gasteiger partial charge in [0.15, 0.2) is 0 Å². The summed E-state index contributed by atoms with van der Waals surface area (Å²) in [6.45, 7) is 0. The molecule has 1 heterocycles. The molecule has 1 aliphatic carbocycles. The van der Waals surface area contributed by atoms with Crippen molar-refractivity contribution in [2.24, 2.45) is 11.7 Å². The molecule has 1 aromatic heterocycles. The van der Waals surface area contributed by atoms with Gasteiger partial charge in [-0.2, -0.15) is 4.98 Å². The summed E-state index contributed by atoms with van der Waals surface area (Å²) in [7, 11) is 0. The molecule has 0 aliphatic heterocycles. The molecule has 2 N–H and O–H groups in total. The van der Waals surface area contributed by atoms with Crippen LogP contribution in [0.4, 0.5) is 0 Å². The fraction of sp³-hybridized carbons (Fsp3) is 0.500. The third-order valence-electron chi connectivity index (χ3n) is 4.22. The highest BCUT2D eigenvalue weighted by molar-refractivity contribution is 7.98. The van der Waals surface area contributed by atoms with Crippen LogP contribution >= 0.6 is 11.8 Å². The van der Waals surface area contributed by atoms with Crippen molar-refractivity contribution in [1.82, 2.24) is 10.1 Å². The van der Waals surface area contributed by atoms with Crippen molar-refractivity contribution in [3.05, 3.63) is 30.2 Å². The molecule has 21 heavy (non-hydrogen) atoms. The Morgan fingerprint density at radius 1 is 1.24 bits per heavy atom. The first-order valence-electron chi connectivity index (χ1n) is 7.49. The second kappa shape index (κ2) is 6.62. The van der Waals surface area contributed by atoms with Crippen molar-refractivity contribution in [1.29, 1.82) is 0 Å². The molecule has 1 saturated carbocycles. The van der Waals surface area contributed by atoms with Crippen LogP contribution in [0.15, 0.2) is 33.7 Å². The predicted molar refractivity (Wildman–Crippen MR) is 85.2 cm³/mol. The Bertz CT molecular complexity index is 581. The fourth-order valence-electron chi connectivity index (χ4n) is 2.91. The van der Waals surface area contributed by atoms with E-state index in [4.69, 9.17) is 10.3 Å². The van der Waals surface area contributed by atoms with Crippen molar-refractivity contribution in [3.8, 4) is 11.4 Å². The molecule has 1 aromatic carbocycles. The molecule has 5 heteroatoms. The van der Waals surface area contributed by atoms with Crippen molar-refractivity contribution in [2.75, 3.05) is 6.26 Å². The summed E-state index contributed by atoms with van der Waals surface area (Å²) in [6.07, 6.45) is 7.65. The molecule has 2 aromatic rings. The molecule has 3 rings (SSSR count). The molecular weight excluding hydrogens is 282 g/mol. The average Bonchev–Trinajstić information content (AvgIpc) is 2.98. The van der Waals surface area contributed by atoms with Gasteiger partial charge in [0.05, 0.1) is 0 Å². The largest absolute Gasteiger partial charge is 0.339 e. The summed E-state index contributed by atoms with van der Waals surface area (Å²) in [6, 6.07) is 8.50. The molecule has 0 amide bonds. The highest BCUT2D eigenvalue weighted by atomic mass is 32.2. The quantitative estimate of drug-likeness (QED) is 0.875. The van der Waals surface area contributed by atoms with Gasteiger partial charge in [-0.3, -0.25) is 0 Å². The zero-order chi connectivity index (χ0) is 14.7. The molecule has 0 saturated heterocycles. The van der Waals surface area contributed by atoms with E-state index < -0.39 is 0 Å². The van der Waals surface area contributed by atoms with E-state index in [2.05, 4.69) is 28.5 Å². The lowest BCUT2D eigenvalue weighted by atomic mass is 9.83. The van der Waals surface area contributed by atoms with Gasteiger partial charge >= 0.3 is 0 Å².